The highest BCUT2D eigenvalue weighted by Gasteiger charge is 2.11. The van der Waals surface area contributed by atoms with Crippen LogP contribution in [0.1, 0.15) is 38.2 Å². The number of methoxy groups -OCH3 is 1. The second-order valence-electron chi connectivity index (χ2n) is 3.78. The molecule has 0 N–H and O–H groups in total. The summed E-state index contributed by atoms with van der Waals surface area (Å²) in [4.78, 5) is 11.1. The summed E-state index contributed by atoms with van der Waals surface area (Å²) >= 11 is 0. The van der Waals surface area contributed by atoms with E-state index in [2.05, 4.69) is 6.92 Å². The van der Waals surface area contributed by atoms with Crippen LogP contribution in [-0.4, -0.2) is 12.9 Å². The van der Waals surface area contributed by atoms with Crippen molar-refractivity contribution in [3.63, 3.8) is 0 Å². The molecule has 2 nitrogen and oxygen atoms in total. The van der Waals surface area contributed by atoms with Crippen LogP contribution in [0, 0.1) is 0 Å². The average molecular weight is 206 g/mol. The minimum Gasteiger partial charge on any atom is -0.497 e. The van der Waals surface area contributed by atoms with Crippen molar-refractivity contribution in [3.8, 4) is 5.75 Å². The summed E-state index contributed by atoms with van der Waals surface area (Å²) in [6.45, 7) is 3.75. The van der Waals surface area contributed by atoms with E-state index in [0.717, 1.165) is 12.2 Å². The number of benzene rings is 1. The van der Waals surface area contributed by atoms with Crippen LogP contribution >= 0.6 is 0 Å². The highest BCUT2D eigenvalue weighted by molar-refractivity contribution is 5.76. The molecule has 1 aromatic rings. The van der Waals surface area contributed by atoms with Gasteiger partial charge >= 0.3 is 0 Å². The lowest BCUT2D eigenvalue weighted by Crippen LogP contribution is -2.03. The van der Waals surface area contributed by atoms with Gasteiger partial charge in [-0.15, -0.1) is 0 Å². The summed E-state index contributed by atoms with van der Waals surface area (Å²) in [5.41, 5.74) is 1.22. The van der Waals surface area contributed by atoms with E-state index in [4.69, 9.17) is 4.74 Å². The number of rotatable bonds is 5. The number of hydrogen-bond acceptors (Lipinski definition) is 2. The maximum absolute atomic E-state index is 11.1. The quantitative estimate of drug-likeness (QED) is 0.739. The van der Waals surface area contributed by atoms with Crippen LogP contribution in [0.15, 0.2) is 24.3 Å². The van der Waals surface area contributed by atoms with Gasteiger partial charge in [0.05, 0.1) is 7.11 Å². The minimum atomic E-state index is 0.248. The molecule has 0 saturated carbocycles. The predicted molar refractivity (Wildman–Crippen MR) is 61.3 cm³/mol. The highest BCUT2D eigenvalue weighted by Crippen LogP contribution is 2.25. The third-order valence-electron chi connectivity index (χ3n) is 2.61. The van der Waals surface area contributed by atoms with Crippen LogP contribution in [-0.2, 0) is 4.79 Å². The second kappa shape index (κ2) is 5.54. The van der Waals surface area contributed by atoms with Gasteiger partial charge in [0.2, 0.25) is 0 Å². The minimum absolute atomic E-state index is 0.248. The Morgan fingerprint density at radius 2 is 1.93 bits per heavy atom. The van der Waals surface area contributed by atoms with Gasteiger partial charge in [-0.05, 0) is 37.0 Å². The van der Waals surface area contributed by atoms with Crippen molar-refractivity contribution in [1.29, 1.82) is 0 Å². The number of ketones is 1. The number of ether oxygens (including phenoxy) is 1. The van der Waals surface area contributed by atoms with Crippen molar-refractivity contribution < 1.29 is 9.53 Å². The monoisotopic (exact) mass is 206 g/mol. The molecule has 82 valence electrons. The zero-order valence-corrected chi connectivity index (χ0v) is 9.62. The molecule has 1 aromatic carbocycles. The fraction of sp³-hybridized carbons (Fsp3) is 0.462. The first-order chi connectivity index (χ1) is 7.17. The normalized spacial score (nSPS) is 12.2. The van der Waals surface area contributed by atoms with Crippen molar-refractivity contribution in [2.45, 2.75) is 32.6 Å². The smallest absolute Gasteiger partial charge is 0.130 e. The summed E-state index contributed by atoms with van der Waals surface area (Å²) in [5, 5.41) is 0. The van der Waals surface area contributed by atoms with Gasteiger partial charge in [-0.3, -0.25) is 0 Å². The molecule has 0 aliphatic carbocycles. The molecule has 15 heavy (non-hydrogen) atoms. The molecule has 0 heterocycles. The first kappa shape index (κ1) is 11.8. The Balaban J connectivity index is 2.78. The van der Waals surface area contributed by atoms with Crippen molar-refractivity contribution in [2.75, 3.05) is 7.11 Å². The summed E-state index contributed by atoms with van der Waals surface area (Å²) < 4.78 is 5.10. The van der Waals surface area contributed by atoms with Gasteiger partial charge in [0.25, 0.3) is 0 Å². The lowest BCUT2D eigenvalue weighted by atomic mass is 9.92. The molecule has 2 heteroatoms. The summed E-state index contributed by atoms with van der Waals surface area (Å²) in [7, 11) is 1.65. The fourth-order valence-electron chi connectivity index (χ4n) is 1.72. The molecule has 0 spiro atoms. The standard InChI is InChI=1S/C13H18O2/c1-4-11(9-10(2)14)12-5-7-13(15-3)8-6-12/h5-8,11H,4,9H2,1-3H3/t11-/m0/s1. The fourth-order valence-corrected chi connectivity index (χ4v) is 1.72. The Kier molecular flexibility index (Phi) is 4.35. The van der Waals surface area contributed by atoms with Crippen LogP contribution < -0.4 is 4.74 Å². The van der Waals surface area contributed by atoms with Gasteiger partial charge in [0.1, 0.15) is 11.5 Å². The van der Waals surface area contributed by atoms with E-state index in [1.807, 2.05) is 24.3 Å². The Morgan fingerprint density at radius 1 is 1.33 bits per heavy atom. The SMILES string of the molecule is CC[C@@H](CC(C)=O)c1ccc(OC)cc1. The van der Waals surface area contributed by atoms with Crippen molar-refractivity contribution in [1.82, 2.24) is 0 Å². The Hall–Kier alpha value is -1.31. The number of Topliss-reactive ketones (excluding diaryl/α,β-unsaturated/α-hetero) is 1. The molecule has 0 bridgehead atoms. The van der Waals surface area contributed by atoms with Crippen molar-refractivity contribution in [2.24, 2.45) is 0 Å². The predicted octanol–water partition coefficient (Wildman–Crippen LogP) is 3.17. The van der Waals surface area contributed by atoms with Gasteiger partial charge in [0.15, 0.2) is 0 Å². The van der Waals surface area contributed by atoms with Gasteiger partial charge in [-0.1, -0.05) is 19.1 Å². The molecular formula is C13H18O2. The molecule has 0 aromatic heterocycles. The molecule has 0 aliphatic rings. The van der Waals surface area contributed by atoms with Crippen LogP contribution in [0.4, 0.5) is 0 Å². The van der Waals surface area contributed by atoms with Crippen molar-refractivity contribution in [3.05, 3.63) is 29.8 Å². The van der Waals surface area contributed by atoms with Crippen LogP contribution in [0.5, 0.6) is 5.75 Å². The van der Waals surface area contributed by atoms with E-state index in [-0.39, 0.29) is 5.78 Å². The molecule has 0 aliphatic heterocycles. The van der Waals surface area contributed by atoms with E-state index in [9.17, 15) is 4.79 Å². The van der Waals surface area contributed by atoms with E-state index in [0.29, 0.717) is 12.3 Å². The molecule has 0 radical (unpaired) electrons. The zero-order valence-electron chi connectivity index (χ0n) is 9.62. The largest absolute Gasteiger partial charge is 0.497 e. The molecule has 0 fully saturated rings. The van der Waals surface area contributed by atoms with Crippen LogP contribution in [0.3, 0.4) is 0 Å². The van der Waals surface area contributed by atoms with Crippen LogP contribution in [0.25, 0.3) is 0 Å². The Bertz CT molecular complexity index is 314. The highest BCUT2D eigenvalue weighted by atomic mass is 16.5. The van der Waals surface area contributed by atoms with Gasteiger partial charge < -0.3 is 9.53 Å². The zero-order chi connectivity index (χ0) is 11.3. The first-order valence-corrected chi connectivity index (χ1v) is 5.30. The molecule has 1 atom stereocenters. The van der Waals surface area contributed by atoms with Crippen LogP contribution in [0.2, 0.25) is 0 Å². The van der Waals surface area contributed by atoms with E-state index >= 15 is 0 Å². The van der Waals surface area contributed by atoms with E-state index in [1.54, 1.807) is 14.0 Å². The van der Waals surface area contributed by atoms with Crippen molar-refractivity contribution >= 4 is 5.78 Å². The van der Waals surface area contributed by atoms with E-state index < -0.39 is 0 Å². The Morgan fingerprint density at radius 3 is 2.33 bits per heavy atom. The van der Waals surface area contributed by atoms with Gasteiger partial charge in [0, 0.05) is 6.42 Å². The lowest BCUT2D eigenvalue weighted by Gasteiger charge is -2.13. The molecule has 1 rings (SSSR count). The maximum Gasteiger partial charge on any atom is 0.130 e. The molecule has 0 saturated heterocycles. The summed E-state index contributed by atoms with van der Waals surface area (Å²) in [6.07, 6.45) is 1.62. The summed E-state index contributed by atoms with van der Waals surface area (Å²) in [6, 6.07) is 7.96. The average Bonchev–Trinajstić information content (AvgIpc) is 2.26. The second-order valence-corrected chi connectivity index (χ2v) is 3.78. The molecular weight excluding hydrogens is 188 g/mol. The third-order valence-corrected chi connectivity index (χ3v) is 2.61. The van der Waals surface area contributed by atoms with Gasteiger partial charge in [-0.25, -0.2) is 0 Å². The molecule has 0 amide bonds. The lowest BCUT2D eigenvalue weighted by molar-refractivity contribution is -0.117. The maximum atomic E-state index is 11.1. The number of carbonyl (C=O) groups is 1. The number of hydrogen-bond donors (Lipinski definition) is 0. The number of carbonyl (C=O) groups excluding carboxylic acids is 1. The Labute approximate surface area is 91.3 Å². The summed E-state index contributed by atoms with van der Waals surface area (Å²) in [5.74, 6) is 1.45. The van der Waals surface area contributed by atoms with E-state index in [1.165, 1.54) is 5.56 Å². The topological polar surface area (TPSA) is 26.3 Å². The van der Waals surface area contributed by atoms with Gasteiger partial charge in [-0.2, -0.15) is 0 Å². The third kappa shape index (κ3) is 3.39. The molecule has 0 unspecified atom stereocenters. The first-order valence-electron chi connectivity index (χ1n) is 5.30.